The summed E-state index contributed by atoms with van der Waals surface area (Å²) in [6, 6.07) is 17.3. The van der Waals surface area contributed by atoms with Crippen LogP contribution in [0.15, 0.2) is 65.8 Å². The van der Waals surface area contributed by atoms with E-state index in [2.05, 4.69) is 10.0 Å². The highest BCUT2D eigenvalue weighted by Gasteiger charge is 2.49. The smallest absolute Gasteiger partial charge is 0.410 e. The third kappa shape index (κ3) is 4.24. The summed E-state index contributed by atoms with van der Waals surface area (Å²) in [5.74, 6) is 0. The number of aliphatic hydroxyl groups is 1. The SMILES string of the molecule is [N-]=[N+]=N[C@H]1[C@@H]2O[C@H](c3ccccc3)OC[C@H]2N(C(=O)OCc2ccccc2)C[C@@H]1O. The van der Waals surface area contributed by atoms with Gasteiger partial charge in [0.1, 0.15) is 6.61 Å². The minimum Gasteiger partial charge on any atom is -0.445 e. The van der Waals surface area contributed by atoms with E-state index in [0.717, 1.165) is 11.1 Å². The molecule has 0 spiro atoms. The molecule has 5 atom stereocenters. The Balaban J connectivity index is 1.51. The van der Waals surface area contributed by atoms with Crippen LogP contribution >= 0.6 is 0 Å². The number of hydrogen-bond donors (Lipinski definition) is 1. The molecule has 1 amide bonds. The highest BCUT2D eigenvalue weighted by atomic mass is 16.7. The van der Waals surface area contributed by atoms with Crippen LogP contribution in [0.1, 0.15) is 17.4 Å². The zero-order valence-electron chi connectivity index (χ0n) is 16.2. The second-order valence-corrected chi connectivity index (χ2v) is 7.20. The Labute approximate surface area is 173 Å². The maximum Gasteiger partial charge on any atom is 0.410 e. The van der Waals surface area contributed by atoms with E-state index in [4.69, 9.17) is 19.7 Å². The lowest BCUT2D eigenvalue weighted by atomic mass is 9.91. The molecule has 2 aromatic rings. The van der Waals surface area contributed by atoms with E-state index < -0.39 is 36.7 Å². The van der Waals surface area contributed by atoms with Gasteiger partial charge in [-0.2, -0.15) is 0 Å². The molecular formula is C21H22N4O5. The summed E-state index contributed by atoms with van der Waals surface area (Å²) in [6.07, 6.45) is -3.08. The van der Waals surface area contributed by atoms with E-state index >= 15 is 0 Å². The van der Waals surface area contributed by atoms with E-state index in [1.807, 2.05) is 60.7 Å². The Kier molecular flexibility index (Phi) is 6.15. The van der Waals surface area contributed by atoms with Crippen molar-refractivity contribution in [1.29, 1.82) is 0 Å². The Morgan fingerprint density at radius 2 is 1.90 bits per heavy atom. The predicted octanol–water partition coefficient (Wildman–Crippen LogP) is 3.16. The van der Waals surface area contributed by atoms with Crippen LogP contribution < -0.4 is 0 Å². The lowest BCUT2D eigenvalue weighted by molar-refractivity contribution is -0.262. The molecule has 0 aliphatic carbocycles. The number of fused-ring (bicyclic) bond motifs is 1. The fourth-order valence-electron chi connectivity index (χ4n) is 3.79. The summed E-state index contributed by atoms with van der Waals surface area (Å²) in [5.41, 5.74) is 10.6. The maximum atomic E-state index is 12.8. The molecule has 0 radical (unpaired) electrons. The van der Waals surface area contributed by atoms with Crippen LogP contribution in [-0.4, -0.2) is 53.5 Å². The first-order valence-electron chi connectivity index (χ1n) is 9.69. The molecule has 2 heterocycles. The van der Waals surface area contributed by atoms with Crippen molar-refractivity contribution < 1.29 is 24.1 Å². The number of nitrogens with zero attached hydrogens (tertiary/aromatic N) is 4. The highest BCUT2D eigenvalue weighted by molar-refractivity contribution is 5.68. The highest BCUT2D eigenvalue weighted by Crippen LogP contribution is 2.35. The molecule has 156 valence electrons. The van der Waals surface area contributed by atoms with Crippen LogP contribution in [0.25, 0.3) is 10.4 Å². The van der Waals surface area contributed by atoms with Crippen molar-refractivity contribution in [3.05, 3.63) is 82.2 Å². The van der Waals surface area contributed by atoms with Crippen LogP contribution in [0.4, 0.5) is 4.79 Å². The largest absolute Gasteiger partial charge is 0.445 e. The minimum atomic E-state index is -1.08. The van der Waals surface area contributed by atoms with Gasteiger partial charge in [-0.1, -0.05) is 65.8 Å². The van der Waals surface area contributed by atoms with Crippen molar-refractivity contribution >= 4 is 6.09 Å². The number of rotatable bonds is 4. The van der Waals surface area contributed by atoms with Crippen LogP contribution in [0.3, 0.4) is 0 Å². The molecule has 0 bridgehead atoms. The number of likely N-dealkylation sites (tertiary alicyclic amines) is 1. The van der Waals surface area contributed by atoms with E-state index in [1.165, 1.54) is 4.90 Å². The Bertz CT molecular complexity index is 906. The first-order chi connectivity index (χ1) is 14.7. The van der Waals surface area contributed by atoms with Gasteiger partial charge >= 0.3 is 6.09 Å². The third-order valence-corrected chi connectivity index (χ3v) is 5.29. The summed E-state index contributed by atoms with van der Waals surface area (Å²) in [7, 11) is 0. The molecule has 9 heteroatoms. The van der Waals surface area contributed by atoms with Crippen molar-refractivity contribution in [3.63, 3.8) is 0 Å². The van der Waals surface area contributed by atoms with Gasteiger partial charge in [-0.05, 0) is 11.1 Å². The number of azide groups is 1. The number of carbonyl (C=O) groups excluding carboxylic acids is 1. The van der Waals surface area contributed by atoms with Crippen molar-refractivity contribution in [2.45, 2.75) is 37.2 Å². The molecule has 0 saturated carbocycles. The zero-order valence-corrected chi connectivity index (χ0v) is 16.2. The number of carbonyl (C=O) groups is 1. The molecule has 0 aromatic heterocycles. The van der Waals surface area contributed by atoms with E-state index in [1.54, 1.807) is 0 Å². The maximum absolute atomic E-state index is 12.8. The standard InChI is InChI=1S/C21H22N4O5/c22-24-23-18-17(26)11-25(21(27)29-12-14-7-3-1-4-8-14)16-13-28-20(30-19(16)18)15-9-5-2-6-10-15/h1-10,16-20,26H,11-13H2/t16-,17+,18-,19-,20-/m1/s1. The second-order valence-electron chi connectivity index (χ2n) is 7.20. The quantitative estimate of drug-likeness (QED) is 0.472. The fourth-order valence-corrected chi connectivity index (χ4v) is 3.79. The molecule has 2 aliphatic rings. The first kappa shape index (κ1) is 20.2. The van der Waals surface area contributed by atoms with Crippen molar-refractivity contribution in [2.24, 2.45) is 5.11 Å². The van der Waals surface area contributed by atoms with Gasteiger partial charge in [-0.25, -0.2) is 4.79 Å². The average molecular weight is 410 g/mol. The Hall–Kier alpha value is -3.10. The number of aliphatic hydroxyl groups excluding tert-OH is 1. The fraction of sp³-hybridized carbons (Fsp3) is 0.381. The molecule has 2 saturated heterocycles. The van der Waals surface area contributed by atoms with Crippen LogP contribution in [0.5, 0.6) is 0 Å². The second kappa shape index (κ2) is 9.15. The molecule has 30 heavy (non-hydrogen) atoms. The Morgan fingerprint density at radius 3 is 2.60 bits per heavy atom. The summed E-state index contributed by atoms with van der Waals surface area (Å²) < 4.78 is 17.3. The third-order valence-electron chi connectivity index (χ3n) is 5.29. The van der Waals surface area contributed by atoms with Crippen molar-refractivity contribution in [3.8, 4) is 0 Å². The van der Waals surface area contributed by atoms with Crippen molar-refractivity contribution in [2.75, 3.05) is 13.2 Å². The van der Waals surface area contributed by atoms with Gasteiger partial charge in [0.15, 0.2) is 6.29 Å². The number of benzene rings is 2. The van der Waals surface area contributed by atoms with Gasteiger partial charge in [0.2, 0.25) is 0 Å². The van der Waals surface area contributed by atoms with Gasteiger partial charge in [0.05, 0.1) is 37.4 Å². The predicted molar refractivity (Wildman–Crippen MR) is 106 cm³/mol. The van der Waals surface area contributed by atoms with Gasteiger partial charge in [0, 0.05) is 10.5 Å². The Morgan fingerprint density at radius 1 is 1.20 bits per heavy atom. The van der Waals surface area contributed by atoms with Crippen LogP contribution in [-0.2, 0) is 20.8 Å². The minimum absolute atomic E-state index is 0.0405. The summed E-state index contributed by atoms with van der Waals surface area (Å²) in [5, 5.41) is 14.3. The van der Waals surface area contributed by atoms with Gasteiger partial charge in [0.25, 0.3) is 0 Å². The first-order valence-corrected chi connectivity index (χ1v) is 9.69. The van der Waals surface area contributed by atoms with Gasteiger partial charge in [-0.3, -0.25) is 4.90 Å². The molecule has 4 rings (SSSR count). The van der Waals surface area contributed by atoms with E-state index in [9.17, 15) is 9.90 Å². The topological polar surface area (TPSA) is 117 Å². The summed E-state index contributed by atoms with van der Waals surface area (Å²) in [6.45, 7) is 0.230. The molecule has 2 fully saturated rings. The van der Waals surface area contributed by atoms with Crippen LogP contribution in [0.2, 0.25) is 0 Å². The van der Waals surface area contributed by atoms with E-state index in [0.29, 0.717) is 0 Å². The molecule has 2 aromatic carbocycles. The average Bonchev–Trinajstić information content (AvgIpc) is 2.80. The van der Waals surface area contributed by atoms with Crippen LogP contribution in [0, 0.1) is 0 Å². The lowest BCUT2D eigenvalue weighted by Crippen LogP contribution is -2.66. The van der Waals surface area contributed by atoms with Gasteiger partial charge < -0.3 is 19.3 Å². The number of piperidine rings is 1. The number of β-amino-alcohol motifs (C(OH)–C–C–N with tert-alkyl or cyclic N) is 1. The summed E-state index contributed by atoms with van der Waals surface area (Å²) in [4.78, 5) is 17.0. The van der Waals surface area contributed by atoms with E-state index in [-0.39, 0.29) is 19.8 Å². The molecule has 9 nitrogen and oxygen atoms in total. The van der Waals surface area contributed by atoms with Gasteiger partial charge in [-0.15, -0.1) is 0 Å². The molecule has 0 unspecified atom stereocenters. The zero-order chi connectivity index (χ0) is 20.9. The monoisotopic (exact) mass is 410 g/mol. The normalized spacial score (nSPS) is 28.2. The summed E-state index contributed by atoms with van der Waals surface area (Å²) >= 11 is 0. The van der Waals surface area contributed by atoms with Crippen molar-refractivity contribution in [1.82, 2.24) is 4.90 Å². The number of amides is 1. The molecule has 1 N–H and O–H groups in total. The molecule has 2 aliphatic heterocycles. The number of hydrogen-bond acceptors (Lipinski definition) is 6. The lowest BCUT2D eigenvalue weighted by Gasteiger charge is -2.49. The number of ether oxygens (including phenoxy) is 3. The molecular weight excluding hydrogens is 388 g/mol.